The van der Waals surface area contributed by atoms with Crippen molar-refractivity contribution in [3.8, 4) is 0 Å². The molecule has 0 amide bonds. The average Bonchev–Trinajstić information content (AvgIpc) is 2.87. The van der Waals surface area contributed by atoms with E-state index >= 15 is 4.39 Å². The normalized spacial score (nSPS) is 18.4. The molecule has 0 aromatic heterocycles. The highest BCUT2D eigenvalue weighted by atomic mass is 19.1. The van der Waals surface area contributed by atoms with E-state index in [0.29, 0.717) is 37.0 Å². The van der Waals surface area contributed by atoms with Gasteiger partial charge in [0.15, 0.2) is 6.29 Å². The molecule has 182 valence electrons. The van der Waals surface area contributed by atoms with Gasteiger partial charge in [0.25, 0.3) is 0 Å². The average molecular weight is 469 g/mol. The molecular weight excluding hydrogens is 434 g/mol. The Kier molecular flexibility index (Phi) is 9.03. The van der Waals surface area contributed by atoms with Crippen molar-refractivity contribution < 1.29 is 23.0 Å². The highest BCUT2D eigenvalue weighted by Gasteiger charge is 2.22. The first-order valence-electron chi connectivity index (χ1n) is 12.4. The fourth-order valence-electron chi connectivity index (χ4n) is 4.34. The first-order chi connectivity index (χ1) is 16.6. The van der Waals surface area contributed by atoms with Crippen LogP contribution in [0.15, 0.2) is 54.6 Å². The van der Waals surface area contributed by atoms with Gasteiger partial charge in [-0.2, -0.15) is 0 Å². The van der Waals surface area contributed by atoms with Gasteiger partial charge in [0.05, 0.1) is 13.2 Å². The summed E-state index contributed by atoms with van der Waals surface area (Å²) in [6, 6.07) is 16.1. The Morgan fingerprint density at radius 1 is 0.853 bits per heavy atom. The molecule has 34 heavy (non-hydrogen) atoms. The van der Waals surface area contributed by atoms with Crippen molar-refractivity contribution in [1.29, 1.82) is 0 Å². The van der Waals surface area contributed by atoms with Crippen LogP contribution in [-0.2, 0) is 33.5 Å². The third-order valence-corrected chi connectivity index (χ3v) is 6.40. The molecule has 0 N–H and O–H groups in total. The van der Waals surface area contributed by atoms with E-state index in [-0.39, 0.29) is 24.0 Å². The summed E-state index contributed by atoms with van der Waals surface area (Å²) in [5.41, 5.74) is 2.81. The Hall–Kier alpha value is -2.34. The van der Waals surface area contributed by atoms with Crippen molar-refractivity contribution >= 4 is 10.8 Å². The molecule has 3 aromatic carbocycles. The number of unbranched alkanes of at least 4 members (excludes halogenated alkanes) is 2. The molecule has 0 saturated carbocycles. The van der Waals surface area contributed by atoms with Gasteiger partial charge in [-0.05, 0) is 59.9 Å². The first-order valence-corrected chi connectivity index (χ1v) is 12.4. The molecule has 1 heterocycles. The van der Waals surface area contributed by atoms with E-state index in [4.69, 9.17) is 14.2 Å². The fraction of sp³-hybridized carbons (Fsp3) is 0.448. The third kappa shape index (κ3) is 6.84. The minimum Gasteiger partial charge on any atom is -0.373 e. The van der Waals surface area contributed by atoms with Gasteiger partial charge < -0.3 is 14.2 Å². The molecule has 1 aliphatic rings. The van der Waals surface area contributed by atoms with E-state index < -0.39 is 0 Å². The zero-order valence-corrected chi connectivity index (χ0v) is 19.9. The van der Waals surface area contributed by atoms with E-state index in [0.717, 1.165) is 42.4 Å². The van der Waals surface area contributed by atoms with Crippen molar-refractivity contribution in [1.82, 2.24) is 0 Å². The summed E-state index contributed by atoms with van der Waals surface area (Å²) in [6.45, 7) is 4.08. The second-order valence-electron chi connectivity index (χ2n) is 9.06. The maximum atomic E-state index is 15.1. The predicted octanol–water partition coefficient (Wildman–Crippen LogP) is 6.78. The highest BCUT2D eigenvalue weighted by molar-refractivity contribution is 5.84. The molecule has 1 saturated heterocycles. The molecule has 3 aromatic rings. The smallest absolute Gasteiger partial charge is 0.158 e. The predicted molar refractivity (Wildman–Crippen MR) is 131 cm³/mol. The summed E-state index contributed by atoms with van der Waals surface area (Å²) < 4.78 is 45.7. The van der Waals surface area contributed by atoms with E-state index in [9.17, 15) is 4.39 Å². The molecule has 0 radical (unpaired) electrons. The number of rotatable bonds is 11. The zero-order chi connectivity index (χ0) is 23.8. The maximum absolute atomic E-state index is 15.1. The van der Waals surface area contributed by atoms with Crippen LogP contribution in [-0.4, -0.2) is 32.2 Å². The van der Waals surface area contributed by atoms with Crippen molar-refractivity contribution in [2.75, 3.05) is 19.8 Å². The number of hydrogen-bond acceptors (Lipinski definition) is 3. The molecule has 1 aliphatic heterocycles. The summed E-state index contributed by atoms with van der Waals surface area (Å²) in [6.07, 6.45) is 6.05. The Morgan fingerprint density at radius 2 is 1.62 bits per heavy atom. The van der Waals surface area contributed by atoms with Gasteiger partial charge in [0.1, 0.15) is 17.7 Å². The lowest BCUT2D eigenvalue weighted by Crippen LogP contribution is -2.37. The number of benzene rings is 3. The van der Waals surface area contributed by atoms with Crippen LogP contribution in [0.3, 0.4) is 0 Å². The lowest BCUT2D eigenvalue weighted by molar-refractivity contribution is -0.227. The minimum absolute atomic E-state index is 0.0222. The SMILES string of the molecule is CCCCCOC1COC(CCc2ccc3c(F)c(CCc4ccc(F)cc4)ccc3c2)OC1. The van der Waals surface area contributed by atoms with Crippen LogP contribution < -0.4 is 0 Å². The Labute approximate surface area is 201 Å². The van der Waals surface area contributed by atoms with Crippen molar-refractivity contribution in [2.45, 2.75) is 64.3 Å². The molecule has 0 aliphatic carbocycles. The second kappa shape index (κ2) is 12.4. The van der Waals surface area contributed by atoms with Crippen LogP contribution in [0.4, 0.5) is 8.78 Å². The lowest BCUT2D eigenvalue weighted by Gasteiger charge is -2.29. The third-order valence-electron chi connectivity index (χ3n) is 6.40. The number of halogens is 2. The summed E-state index contributed by atoms with van der Waals surface area (Å²) in [5.74, 6) is -0.427. The number of fused-ring (bicyclic) bond motifs is 1. The Morgan fingerprint density at radius 3 is 2.38 bits per heavy atom. The monoisotopic (exact) mass is 468 g/mol. The van der Waals surface area contributed by atoms with Gasteiger partial charge in [-0.3, -0.25) is 0 Å². The van der Waals surface area contributed by atoms with Crippen LogP contribution in [0.5, 0.6) is 0 Å². The summed E-state index contributed by atoms with van der Waals surface area (Å²) in [4.78, 5) is 0. The van der Waals surface area contributed by atoms with Gasteiger partial charge in [-0.1, -0.05) is 62.2 Å². The summed E-state index contributed by atoms with van der Waals surface area (Å²) in [7, 11) is 0. The molecule has 4 rings (SSSR count). The van der Waals surface area contributed by atoms with Gasteiger partial charge in [-0.25, -0.2) is 8.78 Å². The largest absolute Gasteiger partial charge is 0.373 e. The van der Waals surface area contributed by atoms with Crippen molar-refractivity contribution in [3.05, 3.63) is 82.9 Å². The Bertz CT molecular complexity index is 1040. The maximum Gasteiger partial charge on any atom is 0.158 e. The van der Waals surface area contributed by atoms with Crippen molar-refractivity contribution in [3.63, 3.8) is 0 Å². The van der Waals surface area contributed by atoms with E-state index in [1.165, 1.54) is 25.0 Å². The number of aryl methyl sites for hydroxylation is 3. The van der Waals surface area contributed by atoms with Crippen LogP contribution in [0.2, 0.25) is 0 Å². The van der Waals surface area contributed by atoms with Crippen LogP contribution in [0, 0.1) is 11.6 Å². The molecular formula is C29H34F2O3. The lowest BCUT2D eigenvalue weighted by atomic mass is 9.98. The van der Waals surface area contributed by atoms with Gasteiger partial charge >= 0.3 is 0 Å². The molecule has 0 atom stereocenters. The van der Waals surface area contributed by atoms with E-state index in [1.807, 2.05) is 30.3 Å². The molecule has 1 fully saturated rings. The second-order valence-corrected chi connectivity index (χ2v) is 9.06. The van der Waals surface area contributed by atoms with E-state index in [2.05, 4.69) is 6.92 Å². The molecule has 5 heteroatoms. The summed E-state index contributed by atoms with van der Waals surface area (Å²) in [5, 5.41) is 1.53. The van der Waals surface area contributed by atoms with E-state index in [1.54, 1.807) is 12.1 Å². The Balaban J connectivity index is 1.27. The molecule has 0 spiro atoms. The first kappa shape index (κ1) is 24.8. The topological polar surface area (TPSA) is 27.7 Å². The van der Waals surface area contributed by atoms with Crippen LogP contribution >= 0.6 is 0 Å². The fourth-order valence-corrected chi connectivity index (χ4v) is 4.34. The summed E-state index contributed by atoms with van der Waals surface area (Å²) >= 11 is 0. The molecule has 0 bridgehead atoms. The van der Waals surface area contributed by atoms with Gasteiger partial charge in [0.2, 0.25) is 0 Å². The van der Waals surface area contributed by atoms with Gasteiger partial charge in [-0.15, -0.1) is 0 Å². The number of hydrogen-bond donors (Lipinski definition) is 0. The van der Waals surface area contributed by atoms with Crippen LogP contribution in [0.25, 0.3) is 10.8 Å². The minimum atomic E-state index is -0.255. The van der Waals surface area contributed by atoms with Crippen molar-refractivity contribution in [2.24, 2.45) is 0 Å². The standard InChI is InChI=1S/C29H34F2O3/c1-2-3-4-17-32-26-19-33-28(34-20-26)16-9-22-8-15-27-24(18-22)12-11-23(29(27)31)10-5-21-6-13-25(30)14-7-21/h6-8,11-15,18,26,28H,2-5,9-10,16-17,19-20H2,1H3. The zero-order valence-electron chi connectivity index (χ0n) is 19.9. The number of ether oxygens (including phenoxy) is 3. The molecule has 3 nitrogen and oxygen atoms in total. The quantitative estimate of drug-likeness (QED) is 0.290. The highest BCUT2D eigenvalue weighted by Crippen LogP contribution is 2.25. The van der Waals surface area contributed by atoms with Crippen LogP contribution in [0.1, 0.15) is 49.3 Å². The van der Waals surface area contributed by atoms with Gasteiger partial charge in [0, 0.05) is 18.4 Å². The molecule has 0 unspecified atom stereocenters.